The van der Waals surface area contributed by atoms with E-state index in [9.17, 15) is 28.8 Å². The normalized spacial score (nSPS) is 11.3. The van der Waals surface area contributed by atoms with Crippen LogP contribution in [0.25, 0.3) is 0 Å². The fraction of sp³-hybridized carbons (Fsp3) is 0.294. The van der Waals surface area contributed by atoms with Gasteiger partial charge in [0.15, 0.2) is 0 Å². The number of amides is 2. The van der Waals surface area contributed by atoms with Gasteiger partial charge in [-0.15, -0.1) is 39.5 Å². The quantitative estimate of drug-likeness (QED) is 0.0733. The van der Waals surface area contributed by atoms with E-state index in [1.807, 2.05) is 12.2 Å². The van der Waals surface area contributed by atoms with Gasteiger partial charge in [0.1, 0.15) is 0 Å². The molecule has 0 aromatic rings. The standard InChI is InChI=1S/2C11H15NO3.C6H11N.C5H4O3.CH4/c1-4-6-12(7-5-2)11(15)9(3)8-10(13)14;1-4-6-12(7-5-2)10(13)8-9(3)11(14)15;1-3-5-7-6-4-2;1-3-2-4(6)8-5(3)7;/h4-5,8H,1-2,6-7H2,3H3,(H,13,14);4-5,8H,1-2,6-7H2,3H3,(H,14,15);3-4,7H,1-2,5-6H2;2H,1H3;1H4/b9-8+;9-8-;;;. The third-order valence-corrected chi connectivity index (χ3v) is 4.78. The number of esters is 2. The molecule has 0 aromatic heterocycles. The molecule has 0 fully saturated rings. The highest BCUT2D eigenvalue weighted by atomic mass is 16.6. The summed E-state index contributed by atoms with van der Waals surface area (Å²) in [6.45, 7) is 28.7. The maximum Gasteiger partial charge on any atom is 0.341 e. The Labute approximate surface area is 272 Å². The van der Waals surface area contributed by atoms with Crippen LogP contribution in [0.5, 0.6) is 0 Å². The average molecular weight is 644 g/mol. The van der Waals surface area contributed by atoms with Crippen LogP contribution >= 0.6 is 0 Å². The van der Waals surface area contributed by atoms with E-state index in [1.165, 1.54) is 36.6 Å². The van der Waals surface area contributed by atoms with Gasteiger partial charge >= 0.3 is 23.9 Å². The maximum absolute atomic E-state index is 11.7. The van der Waals surface area contributed by atoms with Crippen LogP contribution < -0.4 is 5.32 Å². The van der Waals surface area contributed by atoms with Crippen molar-refractivity contribution in [2.75, 3.05) is 39.3 Å². The van der Waals surface area contributed by atoms with Crippen molar-refractivity contribution >= 4 is 35.7 Å². The highest BCUT2D eigenvalue weighted by molar-refractivity contribution is 6.08. The SMILES string of the molecule is C.C=CCN(CC=C)C(=O)/C(C)=C/C(=O)O.C=CCN(CC=C)C(=O)/C=C(/C)C(=O)O.C=CCNCC=C.CC1=CC(=O)OC1=O. The zero-order valence-electron chi connectivity index (χ0n) is 26.3. The maximum atomic E-state index is 11.7. The number of ether oxygens (including phenoxy) is 1. The largest absolute Gasteiger partial charge is 0.478 e. The zero-order valence-corrected chi connectivity index (χ0v) is 26.3. The molecular weight excluding hydrogens is 594 g/mol. The first-order chi connectivity index (χ1) is 21.2. The summed E-state index contributed by atoms with van der Waals surface area (Å²) in [5.41, 5.74) is 0.569. The summed E-state index contributed by atoms with van der Waals surface area (Å²) in [6.07, 6.45) is 13.1. The van der Waals surface area contributed by atoms with Gasteiger partial charge in [0.05, 0.1) is 0 Å². The summed E-state index contributed by atoms with van der Waals surface area (Å²) in [5.74, 6) is -3.99. The Balaban J connectivity index is -0.000000266. The van der Waals surface area contributed by atoms with Crippen molar-refractivity contribution in [3.63, 3.8) is 0 Å². The predicted octanol–water partition coefficient (Wildman–Crippen LogP) is 4.04. The molecule has 0 saturated heterocycles. The van der Waals surface area contributed by atoms with Gasteiger partial charge in [0.25, 0.3) is 0 Å². The van der Waals surface area contributed by atoms with Crippen molar-refractivity contribution in [2.24, 2.45) is 0 Å². The van der Waals surface area contributed by atoms with E-state index >= 15 is 0 Å². The van der Waals surface area contributed by atoms with Gasteiger partial charge in [-0.05, 0) is 20.8 Å². The van der Waals surface area contributed by atoms with Crippen LogP contribution in [0, 0.1) is 0 Å². The Morgan fingerprint density at radius 1 is 0.761 bits per heavy atom. The summed E-state index contributed by atoms with van der Waals surface area (Å²) in [4.78, 5) is 67.4. The number of nitrogens with zero attached hydrogens (tertiary/aromatic N) is 2. The Kier molecular flexibility index (Phi) is 30.7. The Morgan fingerprint density at radius 3 is 1.48 bits per heavy atom. The van der Waals surface area contributed by atoms with Gasteiger partial charge < -0.3 is 30.1 Å². The van der Waals surface area contributed by atoms with Gasteiger partial charge in [-0.25, -0.2) is 19.2 Å². The fourth-order valence-electron chi connectivity index (χ4n) is 2.68. The number of carboxylic acid groups (broad SMARTS) is 2. The Morgan fingerprint density at radius 2 is 1.20 bits per heavy atom. The first-order valence-corrected chi connectivity index (χ1v) is 13.4. The Bertz CT molecular complexity index is 1170. The van der Waals surface area contributed by atoms with Crippen molar-refractivity contribution in [2.45, 2.75) is 28.2 Å². The third kappa shape index (κ3) is 25.2. The summed E-state index contributed by atoms with van der Waals surface area (Å²) < 4.78 is 4.10. The van der Waals surface area contributed by atoms with Crippen LogP contribution in [-0.4, -0.2) is 95.0 Å². The summed E-state index contributed by atoms with van der Waals surface area (Å²) in [7, 11) is 0. The van der Waals surface area contributed by atoms with Crippen LogP contribution in [0.1, 0.15) is 28.2 Å². The molecule has 0 spiro atoms. The van der Waals surface area contributed by atoms with Crippen LogP contribution in [0.2, 0.25) is 0 Å². The van der Waals surface area contributed by atoms with Gasteiger partial charge in [-0.3, -0.25) is 9.59 Å². The molecule has 1 heterocycles. The lowest BCUT2D eigenvalue weighted by atomic mass is 10.2. The topological polar surface area (TPSA) is 171 Å². The number of nitrogens with one attached hydrogen (secondary N) is 1. The van der Waals surface area contributed by atoms with E-state index in [0.29, 0.717) is 31.8 Å². The van der Waals surface area contributed by atoms with Gasteiger partial charge in [-0.2, -0.15) is 0 Å². The molecule has 3 N–H and O–H groups in total. The number of carboxylic acids is 2. The molecule has 0 saturated carbocycles. The molecule has 1 aliphatic heterocycles. The minimum absolute atomic E-state index is 0. The number of aliphatic carboxylic acids is 2. The second-order valence-electron chi connectivity index (χ2n) is 8.68. The number of hydrogen-bond acceptors (Lipinski definition) is 8. The second kappa shape index (κ2) is 29.7. The summed E-state index contributed by atoms with van der Waals surface area (Å²) in [6, 6.07) is 0. The lowest BCUT2D eigenvalue weighted by Gasteiger charge is -2.19. The molecule has 0 atom stereocenters. The molecule has 0 bridgehead atoms. The van der Waals surface area contributed by atoms with Gasteiger partial charge in [0.2, 0.25) is 11.8 Å². The van der Waals surface area contributed by atoms with E-state index in [4.69, 9.17) is 10.2 Å². The molecule has 46 heavy (non-hydrogen) atoms. The number of carbonyl (C=O) groups excluding carboxylic acids is 4. The van der Waals surface area contributed by atoms with Crippen molar-refractivity contribution in [3.8, 4) is 0 Å². The number of carbonyl (C=O) groups is 6. The monoisotopic (exact) mass is 643 g/mol. The molecule has 0 radical (unpaired) electrons. The highest BCUT2D eigenvalue weighted by Gasteiger charge is 2.18. The molecule has 1 aliphatic rings. The fourth-order valence-corrected chi connectivity index (χ4v) is 2.68. The van der Waals surface area contributed by atoms with E-state index < -0.39 is 23.9 Å². The van der Waals surface area contributed by atoms with Crippen molar-refractivity contribution in [1.29, 1.82) is 0 Å². The van der Waals surface area contributed by atoms with Crippen LogP contribution in [0.3, 0.4) is 0 Å². The van der Waals surface area contributed by atoms with Crippen LogP contribution in [-0.2, 0) is 33.5 Å². The van der Waals surface area contributed by atoms with Crippen molar-refractivity contribution in [1.82, 2.24) is 15.1 Å². The van der Waals surface area contributed by atoms with Crippen molar-refractivity contribution in [3.05, 3.63) is 111 Å². The van der Waals surface area contributed by atoms with E-state index in [0.717, 1.165) is 25.2 Å². The number of hydrogen-bond donors (Lipinski definition) is 3. The summed E-state index contributed by atoms with van der Waals surface area (Å²) in [5, 5.41) is 20.1. The molecule has 1 rings (SSSR count). The molecule has 0 aliphatic carbocycles. The smallest absolute Gasteiger partial charge is 0.341 e. The highest BCUT2D eigenvalue weighted by Crippen LogP contribution is 2.05. The zero-order chi connectivity index (χ0) is 35.4. The lowest BCUT2D eigenvalue weighted by molar-refractivity contribution is -0.150. The van der Waals surface area contributed by atoms with Crippen LogP contribution in [0.15, 0.2) is 111 Å². The molecular formula is C34H49N3O9. The lowest BCUT2D eigenvalue weighted by Crippen LogP contribution is -2.32. The van der Waals surface area contributed by atoms with Gasteiger partial charge in [-0.1, -0.05) is 43.9 Å². The minimum atomic E-state index is -1.13. The van der Waals surface area contributed by atoms with E-state index in [2.05, 4.69) is 49.5 Å². The first kappa shape index (κ1) is 47.6. The second-order valence-corrected chi connectivity index (χ2v) is 8.68. The predicted molar refractivity (Wildman–Crippen MR) is 182 cm³/mol. The van der Waals surface area contributed by atoms with E-state index in [-0.39, 0.29) is 30.4 Å². The third-order valence-electron chi connectivity index (χ3n) is 4.78. The molecule has 0 aromatic carbocycles. The molecule has 12 heteroatoms. The molecule has 2 amide bonds. The average Bonchev–Trinajstić information content (AvgIpc) is 3.27. The Hall–Kier alpha value is -5.36. The molecule has 0 unspecified atom stereocenters. The molecule has 12 nitrogen and oxygen atoms in total. The number of cyclic esters (lactones) is 2. The minimum Gasteiger partial charge on any atom is -0.478 e. The molecule has 254 valence electrons. The van der Waals surface area contributed by atoms with Crippen LogP contribution in [0.4, 0.5) is 0 Å². The van der Waals surface area contributed by atoms with Crippen molar-refractivity contribution < 1.29 is 43.7 Å². The number of rotatable bonds is 16. The van der Waals surface area contributed by atoms with Gasteiger partial charge in [0, 0.05) is 74.2 Å². The summed E-state index contributed by atoms with van der Waals surface area (Å²) >= 11 is 0. The van der Waals surface area contributed by atoms with E-state index in [1.54, 1.807) is 24.3 Å². The first-order valence-electron chi connectivity index (χ1n) is 13.4.